The van der Waals surface area contributed by atoms with E-state index < -0.39 is 0 Å². The Morgan fingerprint density at radius 2 is 1.41 bits per heavy atom. The molecule has 0 bridgehead atoms. The van der Waals surface area contributed by atoms with Crippen molar-refractivity contribution in [3.8, 4) is 17.1 Å². The molecule has 164 valence electrons. The summed E-state index contributed by atoms with van der Waals surface area (Å²) in [5.41, 5.74) is 9.11. The summed E-state index contributed by atoms with van der Waals surface area (Å²) in [6.07, 6.45) is 8.61. The summed E-state index contributed by atoms with van der Waals surface area (Å²) in [5, 5.41) is 0. The summed E-state index contributed by atoms with van der Waals surface area (Å²) in [6.45, 7) is 9.01. The highest BCUT2D eigenvalue weighted by Crippen LogP contribution is 2.28. The second-order valence-corrected chi connectivity index (χ2v) is 8.95. The Balaban J connectivity index is 1.56. The quantitative estimate of drug-likeness (QED) is 0.284. The first kappa shape index (κ1) is 22.1. The van der Waals surface area contributed by atoms with Gasteiger partial charge in [0.15, 0.2) is 0 Å². The van der Waals surface area contributed by atoms with Gasteiger partial charge >= 0.3 is 0 Å². The van der Waals surface area contributed by atoms with Crippen LogP contribution in [0.2, 0.25) is 0 Å². The van der Waals surface area contributed by atoms with Gasteiger partial charge in [-0.1, -0.05) is 93.4 Å². The van der Waals surface area contributed by atoms with Gasteiger partial charge in [-0.05, 0) is 60.4 Å². The van der Waals surface area contributed by atoms with E-state index in [2.05, 4.69) is 104 Å². The molecule has 2 heteroatoms. The molecule has 0 aliphatic rings. The first-order chi connectivity index (χ1) is 15.6. The van der Waals surface area contributed by atoms with Crippen LogP contribution in [-0.2, 0) is 12.8 Å². The molecule has 0 saturated heterocycles. The number of hydrogen-bond acceptors (Lipinski definition) is 1. The fraction of sp³-hybridized carbons (Fsp3) is 0.300. The zero-order valence-corrected chi connectivity index (χ0v) is 19.8. The predicted molar refractivity (Wildman–Crippen MR) is 135 cm³/mol. The van der Waals surface area contributed by atoms with E-state index in [1.165, 1.54) is 52.8 Å². The van der Waals surface area contributed by atoms with E-state index in [9.17, 15) is 0 Å². The van der Waals surface area contributed by atoms with Crippen molar-refractivity contribution in [2.24, 2.45) is 5.92 Å². The average molecular weight is 423 g/mol. The zero-order chi connectivity index (χ0) is 22.5. The van der Waals surface area contributed by atoms with Crippen LogP contribution in [0.15, 0.2) is 79.1 Å². The largest absolute Gasteiger partial charge is 0.299 e. The highest BCUT2D eigenvalue weighted by molar-refractivity contribution is 5.61. The fourth-order valence-corrected chi connectivity index (χ4v) is 4.75. The third-order valence-electron chi connectivity index (χ3n) is 6.57. The van der Waals surface area contributed by atoms with Gasteiger partial charge in [-0.2, -0.15) is 0 Å². The SMILES string of the molecule is CCC(CC)Cc1ccc(Cc2cc(C)c(-n3ccnc3-c3ccccc3)c(C)c2)cc1. The molecule has 0 aliphatic heterocycles. The van der Waals surface area contributed by atoms with Gasteiger partial charge in [-0.15, -0.1) is 0 Å². The van der Waals surface area contributed by atoms with E-state index in [0.717, 1.165) is 23.7 Å². The number of aryl methyl sites for hydroxylation is 2. The van der Waals surface area contributed by atoms with Crippen LogP contribution >= 0.6 is 0 Å². The molecule has 0 unspecified atom stereocenters. The molecule has 0 amide bonds. The third kappa shape index (κ3) is 4.85. The minimum absolute atomic E-state index is 0.794. The molecular weight excluding hydrogens is 388 g/mol. The number of rotatable bonds is 8. The lowest BCUT2D eigenvalue weighted by atomic mass is 9.93. The molecule has 4 rings (SSSR count). The number of benzene rings is 3. The van der Waals surface area contributed by atoms with E-state index in [4.69, 9.17) is 0 Å². The van der Waals surface area contributed by atoms with Gasteiger partial charge in [0.25, 0.3) is 0 Å². The molecule has 0 aliphatic carbocycles. The maximum absolute atomic E-state index is 4.64. The van der Waals surface area contributed by atoms with Crippen molar-refractivity contribution in [2.75, 3.05) is 0 Å². The number of hydrogen-bond donors (Lipinski definition) is 0. The average Bonchev–Trinajstić information content (AvgIpc) is 3.28. The lowest BCUT2D eigenvalue weighted by Gasteiger charge is -2.16. The maximum Gasteiger partial charge on any atom is 0.144 e. The summed E-state index contributed by atoms with van der Waals surface area (Å²) in [7, 11) is 0. The van der Waals surface area contributed by atoms with Crippen molar-refractivity contribution >= 4 is 0 Å². The second kappa shape index (κ2) is 9.99. The van der Waals surface area contributed by atoms with Crippen LogP contribution in [0.25, 0.3) is 17.1 Å². The Bertz CT molecular complexity index is 1130. The van der Waals surface area contributed by atoms with Crippen molar-refractivity contribution in [1.29, 1.82) is 0 Å². The standard InChI is InChI=1S/C30H34N2/c1-5-24(6-2)20-25-12-14-26(15-13-25)21-27-18-22(3)29(23(4)19-27)32-17-16-31-30(32)28-10-8-7-9-11-28/h7-19,24H,5-6,20-21H2,1-4H3. The second-order valence-electron chi connectivity index (χ2n) is 8.95. The van der Waals surface area contributed by atoms with Crippen LogP contribution < -0.4 is 0 Å². The van der Waals surface area contributed by atoms with Crippen molar-refractivity contribution in [2.45, 2.75) is 53.4 Å². The maximum atomic E-state index is 4.64. The van der Waals surface area contributed by atoms with Crippen LogP contribution in [0.1, 0.15) is 54.5 Å². The topological polar surface area (TPSA) is 17.8 Å². The smallest absolute Gasteiger partial charge is 0.144 e. The molecule has 0 saturated carbocycles. The Hall–Kier alpha value is -3.13. The van der Waals surface area contributed by atoms with Crippen LogP contribution in [0.4, 0.5) is 0 Å². The van der Waals surface area contributed by atoms with Gasteiger partial charge in [0.05, 0.1) is 5.69 Å². The normalized spacial score (nSPS) is 11.3. The highest BCUT2D eigenvalue weighted by atomic mass is 15.1. The van der Waals surface area contributed by atoms with Gasteiger partial charge < -0.3 is 0 Å². The number of aromatic nitrogens is 2. The number of imidazole rings is 1. The van der Waals surface area contributed by atoms with E-state index >= 15 is 0 Å². The summed E-state index contributed by atoms with van der Waals surface area (Å²) < 4.78 is 2.22. The van der Waals surface area contributed by atoms with Gasteiger partial charge in [-0.25, -0.2) is 4.98 Å². The molecule has 32 heavy (non-hydrogen) atoms. The van der Waals surface area contributed by atoms with Crippen molar-refractivity contribution in [1.82, 2.24) is 9.55 Å². The van der Waals surface area contributed by atoms with Crippen LogP contribution in [0.3, 0.4) is 0 Å². The Morgan fingerprint density at radius 1 is 0.781 bits per heavy atom. The molecule has 0 fully saturated rings. The predicted octanol–water partition coefficient (Wildman–Crippen LogP) is 7.73. The monoisotopic (exact) mass is 422 g/mol. The van der Waals surface area contributed by atoms with Crippen molar-refractivity contribution in [3.63, 3.8) is 0 Å². The lowest BCUT2D eigenvalue weighted by molar-refractivity contribution is 0.490. The molecule has 0 radical (unpaired) electrons. The first-order valence-electron chi connectivity index (χ1n) is 11.9. The Kier molecular flexibility index (Phi) is 6.90. The van der Waals surface area contributed by atoms with E-state index in [1.807, 2.05) is 12.3 Å². The van der Waals surface area contributed by atoms with E-state index in [0.29, 0.717) is 0 Å². The molecule has 1 heterocycles. The molecule has 0 atom stereocenters. The highest BCUT2D eigenvalue weighted by Gasteiger charge is 2.13. The lowest BCUT2D eigenvalue weighted by Crippen LogP contribution is -2.03. The van der Waals surface area contributed by atoms with E-state index in [-0.39, 0.29) is 0 Å². The van der Waals surface area contributed by atoms with Gasteiger partial charge in [0.1, 0.15) is 5.82 Å². The molecular formula is C30H34N2. The molecule has 4 aromatic rings. The van der Waals surface area contributed by atoms with Crippen LogP contribution in [0, 0.1) is 19.8 Å². The molecule has 3 aromatic carbocycles. The molecule has 1 aromatic heterocycles. The van der Waals surface area contributed by atoms with Crippen molar-refractivity contribution in [3.05, 3.63) is 107 Å². The minimum atomic E-state index is 0.794. The summed E-state index contributed by atoms with van der Waals surface area (Å²) in [4.78, 5) is 4.64. The zero-order valence-electron chi connectivity index (χ0n) is 19.8. The number of nitrogens with zero attached hydrogens (tertiary/aromatic N) is 2. The van der Waals surface area contributed by atoms with Crippen molar-refractivity contribution < 1.29 is 0 Å². The van der Waals surface area contributed by atoms with Gasteiger partial charge in [0.2, 0.25) is 0 Å². The van der Waals surface area contributed by atoms with Gasteiger partial charge in [0, 0.05) is 18.0 Å². The summed E-state index contributed by atoms with van der Waals surface area (Å²) in [5.74, 6) is 1.78. The molecule has 0 N–H and O–H groups in total. The minimum Gasteiger partial charge on any atom is -0.299 e. The Morgan fingerprint density at radius 3 is 2.03 bits per heavy atom. The fourth-order valence-electron chi connectivity index (χ4n) is 4.75. The van der Waals surface area contributed by atoms with Crippen LogP contribution in [-0.4, -0.2) is 9.55 Å². The van der Waals surface area contributed by atoms with Crippen LogP contribution in [0.5, 0.6) is 0 Å². The summed E-state index contributed by atoms with van der Waals surface area (Å²) >= 11 is 0. The first-order valence-corrected chi connectivity index (χ1v) is 11.9. The molecule has 0 spiro atoms. The summed E-state index contributed by atoms with van der Waals surface area (Å²) in [6, 6.07) is 24.3. The van der Waals surface area contributed by atoms with Gasteiger partial charge in [-0.3, -0.25) is 4.57 Å². The van der Waals surface area contributed by atoms with E-state index in [1.54, 1.807) is 0 Å². The Labute approximate surface area is 193 Å². The molecule has 2 nitrogen and oxygen atoms in total. The third-order valence-corrected chi connectivity index (χ3v) is 6.57.